The molecule has 0 nitrogen and oxygen atoms in total. The van der Waals surface area contributed by atoms with E-state index in [-0.39, 0.29) is 0 Å². The molecule has 0 aromatic heterocycles. The first-order chi connectivity index (χ1) is 10.7. The number of hydrogen-bond acceptors (Lipinski definition) is 0. The van der Waals surface area contributed by atoms with Crippen LogP contribution in [0.1, 0.15) is 51.0 Å². The monoisotopic (exact) mass is 302 g/mol. The molecule has 1 fully saturated rings. The number of halogens is 2. The summed E-state index contributed by atoms with van der Waals surface area (Å²) < 4.78 is 27.2. The van der Waals surface area contributed by atoms with E-state index in [1.807, 2.05) is 6.08 Å². The Morgan fingerprint density at radius 2 is 1.86 bits per heavy atom. The highest BCUT2D eigenvalue weighted by atomic mass is 19.2. The van der Waals surface area contributed by atoms with Crippen LogP contribution in [0.15, 0.2) is 36.4 Å². The van der Waals surface area contributed by atoms with Crippen LogP contribution in [-0.4, -0.2) is 0 Å². The molecule has 1 atom stereocenters. The van der Waals surface area contributed by atoms with Gasteiger partial charge in [-0.2, -0.15) is 0 Å². The number of rotatable bonds is 3. The number of hydrogen-bond donors (Lipinski definition) is 0. The van der Waals surface area contributed by atoms with Crippen molar-refractivity contribution >= 4 is 5.57 Å². The summed E-state index contributed by atoms with van der Waals surface area (Å²) in [5.41, 5.74) is 1.19. The Balaban J connectivity index is 1.66. The van der Waals surface area contributed by atoms with Gasteiger partial charge in [0.15, 0.2) is 11.6 Å². The van der Waals surface area contributed by atoms with Crippen LogP contribution in [-0.2, 0) is 0 Å². The molecule has 0 bridgehead atoms. The second kappa shape index (κ2) is 6.76. The predicted molar refractivity (Wildman–Crippen MR) is 87.3 cm³/mol. The van der Waals surface area contributed by atoms with Gasteiger partial charge in [0.05, 0.1) is 0 Å². The highest BCUT2D eigenvalue weighted by Crippen LogP contribution is 2.39. The minimum atomic E-state index is -0.771. The van der Waals surface area contributed by atoms with Gasteiger partial charge in [0.2, 0.25) is 0 Å². The van der Waals surface area contributed by atoms with Gasteiger partial charge in [-0.1, -0.05) is 56.5 Å². The Kier molecular flexibility index (Phi) is 4.75. The van der Waals surface area contributed by atoms with E-state index in [1.54, 1.807) is 12.1 Å². The van der Waals surface area contributed by atoms with Crippen LogP contribution in [0.3, 0.4) is 0 Å². The van der Waals surface area contributed by atoms with Crippen molar-refractivity contribution in [2.45, 2.75) is 45.4 Å². The van der Waals surface area contributed by atoms with Crippen LogP contribution in [0.25, 0.3) is 5.57 Å². The van der Waals surface area contributed by atoms with Crippen molar-refractivity contribution in [1.82, 2.24) is 0 Å². The smallest absolute Gasteiger partial charge is 0.166 e. The molecule has 0 radical (unpaired) electrons. The molecular weight excluding hydrogens is 278 g/mol. The van der Waals surface area contributed by atoms with E-state index in [2.05, 4.69) is 19.1 Å². The van der Waals surface area contributed by atoms with Crippen molar-refractivity contribution in [3.05, 3.63) is 53.6 Å². The number of benzene rings is 1. The highest BCUT2D eigenvalue weighted by molar-refractivity contribution is 5.75. The Morgan fingerprint density at radius 1 is 1.09 bits per heavy atom. The first-order valence-corrected chi connectivity index (χ1v) is 8.51. The first kappa shape index (κ1) is 15.5. The molecule has 0 heterocycles. The van der Waals surface area contributed by atoms with Crippen LogP contribution in [0, 0.1) is 29.4 Å². The summed E-state index contributed by atoms with van der Waals surface area (Å²) >= 11 is 0. The third-order valence-electron chi connectivity index (χ3n) is 5.47. The molecule has 2 aliphatic rings. The highest BCUT2D eigenvalue weighted by Gasteiger charge is 2.26. The van der Waals surface area contributed by atoms with E-state index in [9.17, 15) is 8.78 Å². The van der Waals surface area contributed by atoms with Crippen LogP contribution >= 0.6 is 0 Å². The Bertz CT molecular complexity index is 577. The quantitative estimate of drug-likeness (QED) is 0.629. The number of allylic oxidation sites excluding steroid dienone is 4. The van der Waals surface area contributed by atoms with Crippen LogP contribution in [0.5, 0.6) is 0 Å². The SMILES string of the molecule is CCC1CCC(C2C=CC(c3cccc(F)c3F)=CC2)CC1. The average molecular weight is 302 g/mol. The van der Waals surface area contributed by atoms with Gasteiger partial charge >= 0.3 is 0 Å². The Labute approximate surface area is 131 Å². The lowest BCUT2D eigenvalue weighted by Crippen LogP contribution is -2.21. The summed E-state index contributed by atoms with van der Waals surface area (Å²) in [4.78, 5) is 0. The average Bonchev–Trinajstić information content (AvgIpc) is 2.58. The van der Waals surface area contributed by atoms with E-state index < -0.39 is 11.6 Å². The zero-order valence-corrected chi connectivity index (χ0v) is 13.2. The van der Waals surface area contributed by atoms with E-state index >= 15 is 0 Å². The van der Waals surface area contributed by atoms with E-state index in [0.29, 0.717) is 11.5 Å². The summed E-state index contributed by atoms with van der Waals surface area (Å²) in [5, 5.41) is 0. The van der Waals surface area contributed by atoms with Crippen molar-refractivity contribution in [1.29, 1.82) is 0 Å². The van der Waals surface area contributed by atoms with E-state index in [1.165, 1.54) is 38.2 Å². The van der Waals surface area contributed by atoms with E-state index in [0.717, 1.165) is 23.8 Å². The van der Waals surface area contributed by atoms with Gasteiger partial charge in [0.1, 0.15) is 0 Å². The molecular formula is C20H24F2. The maximum absolute atomic E-state index is 13.9. The molecule has 3 rings (SSSR count). The van der Waals surface area contributed by atoms with Crippen LogP contribution < -0.4 is 0 Å². The maximum Gasteiger partial charge on any atom is 0.166 e. The summed E-state index contributed by atoms with van der Waals surface area (Å²) in [6.07, 6.45) is 13.8. The van der Waals surface area contributed by atoms with Crippen LogP contribution in [0.4, 0.5) is 8.78 Å². The molecule has 0 saturated heterocycles. The van der Waals surface area contributed by atoms with Crippen molar-refractivity contribution in [2.24, 2.45) is 17.8 Å². The third-order valence-corrected chi connectivity index (χ3v) is 5.47. The summed E-state index contributed by atoms with van der Waals surface area (Å²) in [6, 6.07) is 4.39. The molecule has 1 aromatic carbocycles. The lowest BCUT2D eigenvalue weighted by Gasteiger charge is -2.33. The fourth-order valence-corrected chi connectivity index (χ4v) is 3.94. The van der Waals surface area contributed by atoms with Crippen molar-refractivity contribution in [3.8, 4) is 0 Å². The van der Waals surface area contributed by atoms with Gasteiger partial charge in [-0.3, -0.25) is 0 Å². The molecule has 1 saturated carbocycles. The second-order valence-corrected chi connectivity index (χ2v) is 6.71. The standard InChI is InChI=1S/C20H24F2/c1-2-14-6-8-15(9-7-14)16-10-12-17(13-11-16)18-4-3-5-19(21)20(18)22/h3-5,10,12-16H,2,6-9,11H2,1H3. The van der Waals surface area contributed by atoms with Crippen LogP contribution in [0.2, 0.25) is 0 Å². The van der Waals surface area contributed by atoms with Crippen molar-refractivity contribution in [2.75, 3.05) is 0 Å². The molecule has 2 heteroatoms. The third kappa shape index (κ3) is 3.16. The molecule has 0 N–H and O–H groups in total. The Hall–Kier alpha value is -1.44. The normalized spacial score (nSPS) is 28.5. The lowest BCUT2D eigenvalue weighted by atomic mass is 9.73. The summed E-state index contributed by atoms with van der Waals surface area (Å²) in [6.45, 7) is 2.29. The molecule has 0 amide bonds. The van der Waals surface area contributed by atoms with Gasteiger partial charge in [0, 0.05) is 5.56 Å². The lowest BCUT2D eigenvalue weighted by molar-refractivity contribution is 0.226. The zero-order chi connectivity index (χ0) is 15.5. The fraction of sp³-hybridized carbons (Fsp3) is 0.500. The predicted octanol–water partition coefficient (Wildman–Crippen LogP) is 6.14. The molecule has 118 valence electrons. The maximum atomic E-state index is 13.9. The molecule has 2 aliphatic carbocycles. The largest absolute Gasteiger partial charge is 0.204 e. The molecule has 0 spiro atoms. The van der Waals surface area contributed by atoms with Gasteiger partial charge < -0.3 is 0 Å². The van der Waals surface area contributed by atoms with E-state index in [4.69, 9.17) is 0 Å². The first-order valence-electron chi connectivity index (χ1n) is 8.51. The van der Waals surface area contributed by atoms with Crippen molar-refractivity contribution < 1.29 is 8.78 Å². The topological polar surface area (TPSA) is 0 Å². The van der Waals surface area contributed by atoms with Gasteiger partial charge in [-0.15, -0.1) is 0 Å². The molecule has 22 heavy (non-hydrogen) atoms. The van der Waals surface area contributed by atoms with Gasteiger partial charge in [-0.05, 0) is 48.7 Å². The Morgan fingerprint density at radius 3 is 2.50 bits per heavy atom. The zero-order valence-electron chi connectivity index (χ0n) is 13.2. The van der Waals surface area contributed by atoms with Crippen molar-refractivity contribution in [3.63, 3.8) is 0 Å². The summed E-state index contributed by atoms with van der Waals surface area (Å²) in [7, 11) is 0. The second-order valence-electron chi connectivity index (χ2n) is 6.71. The minimum Gasteiger partial charge on any atom is -0.204 e. The molecule has 1 unspecified atom stereocenters. The molecule has 1 aromatic rings. The fourth-order valence-electron chi connectivity index (χ4n) is 3.94. The minimum absolute atomic E-state index is 0.379. The summed E-state index contributed by atoms with van der Waals surface area (Å²) in [5.74, 6) is 0.732. The molecule has 0 aliphatic heterocycles. The van der Waals surface area contributed by atoms with Gasteiger partial charge in [0.25, 0.3) is 0 Å². The van der Waals surface area contributed by atoms with Gasteiger partial charge in [-0.25, -0.2) is 8.78 Å².